The first-order chi connectivity index (χ1) is 6.16. The Morgan fingerprint density at radius 3 is 3.00 bits per heavy atom. The average Bonchev–Trinajstić information content (AvgIpc) is 2.42. The monoisotopic (exact) mass is 196 g/mol. The standard InChI is InChI=1S/C6H4N4O2S/c11-5(12)4-7-1-2-3(9-4)10-6(13)8-2/h1H,(H,11,12)(H2,7,8,9,10,13). The van der Waals surface area contributed by atoms with Gasteiger partial charge in [0, 0.05) is 0 Å². The number of nitrogens with one attached hydrogen (secondary N) is 1. The van der Waals surface area contributed by atoms with E-state index in [0.29, 0.717) is 16.3 Å². The van der Waals surface area contributed by atoms with Crippen LogP contribution in [0.5, 0.6) is 0 Å². The third-order valence-corrected chi connectivity index (χ3v) is 1.63. The predicted molar refractivity (Wildman–Crippen MR) is 45.9 cm³/mol. The van der Waals surface area contributed by atoms with Crippen LogP contribution in [0.15, 0.2) is 11.4 Å². The SMILES string of the molecule is O=C(O)c1ncc2[nH]c(S)nc2n1. The maximum atomic E-state index is 10.5. The summed E-state index contributed by atoms with van der Waals surface area (Å²) in [5.41, 5.74) is 0.868. The van der Waals surface area contributed by atoms with Crippen LogP contribution in [-0.4, -0.2) is 31.0 Å². The number of aromatic carboxylic acids is 1. The molecule has 0 radical (unpaired) electrons. The number of nitrogens with zero attached hydrogens (tertiary/aromatic N) is 3. The van der Waals surface area contributed by atoms with Gasteiger partial charge in [-0.25, -0.2) is 19.7 Å². The van der Waals surface area contributed by atoms with E-state index >= 15 is 0 Å². The molecule has 0 aliphatic rings. The molecule has 0 atom stereocenters. The van der Waals surface area contributed by atoms with Crippen molar-refractivity contribution in [3.63, 3.8) is 0 Å². The molecule has 0 aromatic carbocycles. The van der Waals surface area contributed by atoms with Gasteiger partial charge in [0.1, 0.15) is 5.52 Å². The summed E-state index contributed by atoms with van der Waals surface area (Å²) in [7, 11) is 0. The van der Waals surface area contributed by atoms with Gasteiger partial charge < -0.3 is 10.1 Å². The van der Waals surface area contributed by atoms with E-state index in [2.05, 4.69) is 32.6 Å². The van der Waals surface area contributed by atoms with E-state index in [0.717, 1.165) is 0 Å². The molecule has 66 valence electrons. The number of aromatic amines is 1. The maximum Gasteiger partial charge on any atom is 0.374 e. The largest absolute Gasteiger partial charge is 0.475 e. The number of carbonyl (C=O) groups is 1. The van der Waals surface area contributed by atoms with E-state index in [1.54, 1.807) is 0 Å². The van der Waals surface area contributed by atoms with Gasteiger partial charge in [-0.05, 0) is 0 Å². The fourth-order valence-electron chi connectivity index (χ4n) is 0.898. The zero-order chi connectivity index (χ0) is 9.42. The quantitative estimate of drug-likeness (QED) is 0.572. The third-order valence-electron chi connectivity index (χ3n) is 1.42. The van der Waals surface area contributed by atoms with E-state index in [9.17, 15) is 4.79 Å². The van der Waals surface area contributed by atoms with Crippen LogP contribution in [0.1, 0.15) is 10.6 Å². The topological polar surface area (TPSA) is 91.8 Å². The Labute approximate surface area is 77.5 Å². The first-order valence-corrected chi connectivity index (χ1v) is 3.76. The van der Waals surface area contributed by atoms with Crippen LogP contribution >= 0.6 is 12.6 Å². The van der Waals surface area contributed by atoms with E-state index in [4.69, 9.17) is 5.11 Å². The molecule has 0 aliphatic heterocycles. The normalized spacial score (nSPS) is 10.5. The second-order valence-corrected chi connectivity index (χ2v) is 2.72. The molecule has 0 fully saturated rings. The molecule has 0 saturated carbocycles. The number of thiol groups is 1. The second kappa shape index (κ2) is 2.70. The van der Waals surface area contributed by atoms with Crippen LogP contribution in [-0.2, 0) is 0 Å². The molecule has 0 unspecified atom stereocenters. The van der Waals surface area contributed by atoms with Crippen molar-refractivity contribution in [1.29, 1.82) is 0 Å². The Balaban J connectivity index is 2.67. The van der Waals surface area contributed by atoms with Crippen molar-refractivity contribution in [2.24, 2.45) is 0 Å². The van der Waals surface area contributed by atoms with Gasteiger partial charge in [-0.2, -0.15) is 0 Å². The van der Waals surface area contributed by atoms with Gasteiger partial charge in [0.25, 0.3) is 0 Å². The number of hydrogen-bond donors (Lipinski definition) is 3. The Morgan fingerprint density at radius 2 is 2.31 bits per heavy atom. The van der Waals surface area contributed by atoms with Crippen LogP contribution in [0.4, 0.5) is 0 Å². The molecule has 0 amide bonds. The number of carboxylic acid groups (broad SMARTS) is 1. The van der Waals surface area contributed by atoms with Crippen molar-refractivity contribution < 1.29 is 9.90 Å². The molecule has 7 heteroatoms. The fourth-order valence-corrected chi connectivity index (χ4v) is 1.11. The Morgan fingerprint density at radius 1 is 1.54 bits per heavy atom. The zero-order valence-electron chi connectivity index (χ0n) is 6.22. The highest BCUT2D eigenvalue weighted by atomic mass is 32.1. The molecule has 0 aliphatic carbocycles. The summed E-state index contributed by atoms with van der Waals surface area (Å²) in [6, 6.07) is 0. The number of H-pyrrole nitrogens is 1. The molecule has 0 spiro atoms. The molecule has 6 nitrogen and oxygen atoms in total. The number of rotatable bonds is 1. The average molecular weight is 196 g/mol. The number of hydrogen-bond acceptors (Lipinski definition) is 5. The number of imidazole rings is 1. The van der Waals surface area contributed by atoms with Gasteiger partial charge in [-0.15, -0.1) is 12.6 Å². The molecule has 0 saturated heterocycles. The lowest BCUT2D eigenvalue weighted by molar-refractivity contribution is 0.0684. The minimum absolute atomic E-state index is 0.271. The van der Waals surface area contributed by atoms with Crippen molar-refractivity contribution in [2.75, 3.05) is 0 Å². The van der Waals surface area contributed by atoms with Gasteiger partial charge in [0.2, 0.25) is 5.82 Å². The first kappa shape index (κ1) is 7.99. The summed E-state index contributed by atoms with van der Waals surface area (Å²) in [6.07, 6.45) is 1.36. The van der Waals surface area contributed by atoms with Gasteiger partial charge in [-0.3, -0.25) is 0 Å². The van der Waals surface area contributed by atoms with Gasteiger partial charge in [-0.1, -0.05) is 0 Å². The lowest BCUT2D eigenvalue weighted by Gasteiger charge is -1.90. The fraction of sp³-hybridized carbons (Fsp3) is 0. The van der Waals surface area contributed by atoms with E-state index in [1.807, 2.05) is 0 Å². The lowest BCUT2D eigenvalue weighted by Crippen LogP contribution is -2.03. The molecule has 2 N–H and O–H groups in total. The summed E-state index contributed by atoms with van der Waals surface area (Å²) in [5.74, 6) is -1.45. The number of fused-ring (bicyclic) bond motifs is 1. The van der Waals surface area contributed by atoms with Crippen molar-refractivity contribution in [3.8, 4) is 0 Å². The van der Waals surface area contributed by atoms with E-state index < -0.39 is 5.97 Å². The molecule has 0 bridgehead atoms. The van der Waals surface area contributed by atoms with Gasteiger partial charge in [0.15, 0.2) is 10.8 Å². The minimum atomic E-state index is -1.18. The molecule has 2 rings (SSSR count). The summed E-state index contributed by atoms with van der Waals surface area (Å²) in [4.78, 5) is 24.4. The van der Waals surface area contributed by atoms with Crippen molar-refractivity contribution in [2.45, 2.75) is 5.16 Å². The van der Waals surface area contributed by atoms with Gasteiger partial charge >= 0.3 is 5.97 Å². The number of aromatic nitrogens is 4. The van der Waals surface area contributed by atoms with Crippen LogP contribution in [0.2, 0.25) is 0 Å². The minimum Gasteiger partial charge on any atom is -0.475 e. The first-order valence-electron chi connectivity index (χ1n) is 3.32. The molecular formula is C6H4N4O2S. The Kier molecular flexibility index (Phi) is 1.66. The summed E-state index contributed by atoms with van der Waals surface area (Å²) >= 11 is 3.95. The maximum absolute atomic E-state index is 10.5. The lowest BCUT2D eigenvalue weighted by atomic mass is 10.5. The molecule has 13 heavy (non-hydrogen) atoms. The summed E-state index contributed by atoms with van der Waals surface area (Å²) in [6.45, 7) is 0. The summed E-state index contributed by atoms with van der Waals surface area (Å²) < 4.78 is 0. The van der Waals surface area contributed by atoms with Crippen molar-refractivity contribution in [1.82, 2.24) is 19.9 Å². The smallest absolute Gasteiger partial charge is 0.374 e. The number of carboxylic acids is 1. The van der Waals surface area contributed by atoms with Crippen LogP contribution in [0.3, 0.4) is 0 Å². The predicted octanol–water partition coefficient (Wildman–Crippen LogP) is 0.340. The molecule has 2 aromatic rings. The molecular weight excluding hydrogens is 192 g/mol. The Hall–Kier alpha value is -1.63. The molecule has 2 aromatic heterocycles. The highest BCUT2D eigenvalue weighted by molar-refractivity contribution is 7.80. The summed E-state index contributed by atoms with van der Waals surface area (Å²) in [5, 5.41) is 8.95. The second-order valence-electron chi connectivity index (χ2n) is 2.30. The van der Waals surface area contributed by atoms with E-state index in [1.165, 1.54) is 6.20 Å². The molecule has 2 heterocycles. The van der Waals surface area contributed by atoms with Gasteiger partial charge in [0.05, 0.1) is 6.20 Å². The van der Waals surface area contributed by atoms with Crippen LogP contribution in [0.25, 0.3) is 11.2 Å². The zero-order valence-corrected chi connectivity index (χ0v) is 7.12. The van der Waals surface area contributed by atoms with E-state index in [-0.39, 0.29) is 5.82 Å². The van der Waals surface area contributed by atoms with Crippen LogP contribution in [0, 0.1) is 0 Å². The van der Waals surface area contributed by atoms with Crippen molar-refractivity contribution in [3.05, 3.63) is 12.0 Å². The van der Waals surface area contributed by atoms with Crippen molar-refractivity contribution >= 4 is 29.8 Å². The highest BCUT2D eigenvalue weighted by Crippen LogP contribution is 2.09. The van der Waals surface area contributed by atoms with Crippen LogP contribution < -0.4 is 0 Å². The highest BCUT2D eigenvalue weighted by Gasteiger charge is 2.09. The third kappa shape index (κ3) is 1.33. The Bertz CT molecular complexity index is 480.